The Morgan fingerprint density at radius 3 is 2.35 bits per heavy atom. The highest BCUT2D eigenvalue weighted by molar-refractivity contribution is 7.09. The number of nitrogens with zero attached hydrogens (tertiary/aromatic N) is 3. The van der Waals surface area contributed by atoms with E-state index in [2.05, 4.69) is 15.6 Å². The molecule has 1 saturated heterocycles. The molecule has 3 rings (SSSR count). The summed E-state index contributed by atoms with van der Waals surface area (Å²) in [4.78, 5) is 60.3. The van der Waals surface area contributed by atoms with Gasteiger partial charge in [-0.05, 0) is 50.6 Å². The van der Waals surface area contributed by atoms with E-state index in [9.17, 15) is 33.1 Å². The molecule has 0 aliphatic carbocycles. The highest BCUT2D eigenvalue weighted by Crippen LogP contribution is 2.32. The molecule has 2 heterocycles. The molecule has 7 atom stereocenters. The van der Waals surface area contributed by atoms with Gasteiger partial charge in [0.25, 0.3) is 11.8 Å². The van der Waals surface area contributed by atoms with Crippen LogP contribution in [0.25, 0.3) is 0 Å². The molecular weight excluding hydrogens is 693 g/mol. The first-order valence-electron chi connectivity index (χ1n) is 18.3. The molecule has 3 N–H and O–H groups in total. The van der Waals surface area contributed by atoms with Crippen LogP contribution >= 0.6 is 11.3 Å². The Balaban J connectivity index is 1.77. The molecular formula is C38H57F2N5O6S. The van der Waals surface area contributed by atoms with Crippen molar-refractivity contribution in [2.24, 2.45) is 17.8 Å². The lowest BCUT2D eigenvalue weighted by Gasteiger charge is -2.39. The first-order chi connectivity index (χ1) is 24.5. The summed E-state index contributed by atoms with van der Waals surface area (Å²) >= 11 is 1.28. The van der Waals surface area contributed by atoms with Crippen LogP contribution in [0.3, 0.4) is 0 Å². The Labute approximate surface area is 310 Å². The molecule has 11 nitrogen and oxygen atoms in total. The number of carboxylic acids is 1. The van der Waals surface area contributed by atoms with Gasteiger partial charge in [0, 0.05) is 44.0 Å². The van der Waals surface area contributed by atoms with Gasteiger partial charge in [0.15, 0.2) is 0 Å². The van der Waals surface area contributed by atoms with E-state index in [-0.39, 0.29) is 48.7 Å². The van der Waals surface area contributed by atoms with Crippen LogP contribution in [0, 0.1) is 17.8 Å². The number of hydrogen-bond acceptors (Lipinski definition) is 8. The number of aromatic nitrogens is 1. The van der Waals surface area contributed by atoms with Crippen molar-refractivity contribution in [2.75, 3.05) is 27.2 Å². The number of nitrogens with one attached hydrogen (secondary N) is 2. The predicted octanol–water partition coefficient (Wildman–Crippen LogP) is 5.81. The number of rotatable bonds is 19. The quantitative estimate of drug-likeness (QED) is 0.164. The van der Waals surface area contributed by atoms with Crippen LogP contribution in [0.5, 0.6) is 0 Å². The number of alkyl halides is 2. The third-order valence-electron chi connectivity index (χ3n) is 10.1. The maximum atomic E-state index is 14.1. The van der Waals surface area contributed by atoms with Crippen LogP contribution in [0.2, 0.25) is 0 Å². The number of likely N-dealkylation sites (N-methyl/N-ethyl adjacent to an activating group) is 2. The number of likely N-dealkylation sites (tertiary alicyclic amines) is 1. The van der Waals surface area contributed by atoms with Gasteiger partial charge in [-0.2, -0.15) is 0 Å². The monoisotopic (exact) mass is 749 g/mol. The Hall–Kier alpha value is -3.49. The molecule has 1 aliphatic heterocycles. The molecule has 52 heavy (non-hydrogen) atoms. The summed E-state index contributed by atoms with van der Waals surface area (Å²) in [6.45, 7) is 11.1. The van der Waals surface area contributed by atoms with Crippen LogP contribution < -0.4 is 10.6 Å². The van der Waals surface area contributed by atoms with E-state index in [1.165, 1.54) is 23.3 Å². The molecule has 1 fully saturated rings. The lowest BCUT2D eigenvalue weighted by atomic mass is 9.92. The van der Waals surface area contributed by atoms with Crippen molar-refractivity contribution in [3.63, 3.8) is 0 Å². The van der Waals surface area contributed by atoms with Gasteiger partial charge in [-0.25, -0.2) is 13.8 Å². The lowest BCUT2D eigenvalue weighted by molar-refractivity contribution is -0.143. The average Bonchev–Trinajstić information content (AvgIpc) is 3.58. The third kappa shape index (κ3) is 12.0. The largest absolute Gasteiger partial charge is 0.481 e. The van der Waals surface area contributed by atoms with E-state index in [0.717, 1.165) is 5.56 Å². The van der Waals surface area contributed by atoms with E-state index in [0.29, 0.717) is 30.9 Å². The van der Waals surface area contributed by atoms with Crippen molar-refractivity contribution < 1.29 is 37.8 Å². The lowest BCUT2D eigenvalue weighted by Crippen LogP contribution is -2.59. The molecule has 1 aromatic heterocycles. The first kappa shape index (κ1) is 42.9. The van der Waals surface area contributed by atoms with Gasteiger partial charge >= 0.3 is 5.97 Å². The molecule has 14 heteroatoms. The van der Waals surface area contributed by atoms with Crippen LogP contribution in [0.1, 0.15) is 101 Å². The van der Waals surface area contributed by atoms with Gasteiger partial charge in [-0.3, -0.25) is 24.1 Å². The number of halogens is 2. The molecule has 0 radical (unpaired) electrons. The van der Waals surface area contributed by atoms with Gasteiger partial charge in [0.05, 0.1) is 18.5 Å². The maximum absolute atomic E-state index is 14.1. The van der Waals surface area contributed by atoms with Crippen molar-refractivity contribution in [2.45, 2.75) is 116 Å². The summed E-state index contributed by atoms with van der Waals surface area (Å²) in [6.07, 6.45) is 0.768. The third-order valence-corrected chi connectivity index (χ3v) is 11.0. The first-order valence-corrected chi connectivity index (χ1v) is 19.1. The number of piperidine rings is 1. The number of aliphatic carboxylic acids is 1. The Morgan fingerprint density at radius 2 is 1.77 bits per heavy atom. The van der Waals surface area contributed by atoms with Crippen LogP contribution in [-0.2, 0) is 25.5 Å². The average molecular weight is 750 g/mol. The van der Waals surface area contributed by atoms with Crippen molar-refractivity contribution in [1.82, 2.24) is 25.4 Å². The van der Waals surface area contributed by atoms with E-state index < -0.39 is 60.4 Å². The van der Waals surface area contributed by atoms with Gasteiger partial charge in [-0.1, -0.05) is 71.4 Å². The minimum Gasteiger partial charge on any atom is -0.481 e. The zero-order valence-corrected chi connectivity index (χ0v) is 32.6. The number of hydrogen-bond donors (Lipinski definition) is 3. The fraction of sp³-hybridized carbons (Fsp3) is 0.658. The minimum absolute atomic E-state index is 0.000207. The zero-order chi connectivity index (χ0) is 38.7. The second-order valence-electron chi connectivity index (χ2n) is 14.5. The zero-order valence-electron chi connectivity index (χ0n) is 31.7. The molecule has 7 unspecified atom stereocenters. The molecule has 1 aromatic carbocycles. The highest BCUT2D eigenvalue weighted by Gasteiger charge is 2.42. The number of carbonyl (C=O) groups excluding carboxylic acids is 3. The molecule has 3 amide bonds. The van der Waals surface area contributed by atoms with E-state index in [1.807, 2.05) is 65.0 Å². The number of thiazole rings is 1. The normalized spacial score (nSPS) is 19.6. The molecule has 0 bridgehead atoms. The number of benzene rings is 1. The Kier molecular flexibility index (Phi) is 16.1. The van der Waals surface area contributed by atoms with Crippen LogP contribution in [0.15, 0.2) is 35.7 Å². The number of amides is 3. The number of carbonyl (C=O) groups is 4. The van der Waals surface area contributed by atoms with Crippen LogP contribution in [-0.4, -0.2) is 101 Å². The van der Waals surface area contributed by atoms with Crippen molar-refractivity contribution in [3.8, 4) is 0 Å². The summed E-state index contributed by atoms with van der Waals surface area (Å²) in [5.74, 6) is -5.81. The Bertz CT molecular complexity index is 1480. The van der Waals surface area contributed by atoms with Crippen molar-refractivity contribution in [3.05, 3.63) is 52.0 Å². The van der Waals surface area contributed by atoms with Gasteiger partial charge in [0.2, 0.25) is 11.8 Å². The SMILES string of the molecule is CCOC(CC(C(C)C)N(C)C(=O)C(NC(=O)C1CCC(F)(F)CN1C)C(C)CC)c1nc(C(=O)NC(Cc2ccccc2)CC(C)C(=O)O)cs1. The van der Waals surface area contributed by atoms with E-state index >= 15 is 0 Å². The molecule has 290 valence electrons. The molecule has 1 aliphatic rings. The van der Waals surface area contributed by atoms with Gasteiger partial charge < -0.3 is 25.4 Å². The molecule has 0 spiro atoms. The highest BCUT2D eigenvalue weighted by atomic mass is 32.1. The second-order valence-corrected chi connectivity index (χ2v) is 15.4. The Morgan fingerprint density at radius 1 is 1.10 bits per heavy atom. The minimum atomic E-state index is -2.85. The van der Waals surface area contributed by atoms with Gasteiger partial charge in [0.1, 0.15) is 22.8 Å². The summed E-state index contributed by atoms with van der Waals surface area (Å²) in [5.41, 5.74) is 1.17. The topological polar surface area (TPSA) is 141 Å². The summed E-state index contributed by atoms with van der Waals surface area (Å²) in [6, 6.07) is 7.18. The molecule has 2 aromatic rings. The predicted molar refractivity (Wildman–Crippen MR) is 197 cm³/mol. The number of carboxylic acid groups (broad SMARTS) is 1. The second kappa shape index (κ2) is 19.5. The van der Waals surface area contributed by atoms with E-state index in [1.54, 1.807) is 24.3 Å². The maximum Gasteiger partial charge on any atom is 0.306 e. The standard InChI is InChI=1S/C38H57F2N5O6S/c1-9-24(5)32(43-34(47)29-16-17-38(39,40)22-44(29)7)36(48)45(8)30(23(3)4)20-31(51-10-2)35-42-28(21-52-35)33(46)41-27(18-25(6)37(49)50)19-26-14-12-11-13-15-26/h11-15,21,23-25,27,29-32H,9-10,16-20,22H2,1-8H3,(H,41,46)(H,43,47)(H,49,50). The number of ether oxygens (including phenoxy) is 1. The van der Waals surface area contributed by atoms with Gasteiger partial charge in [-0.15, -0.1) is 11.3 Å². The van der Waals surface area contributed by atoms with Crippen molar-refractivity contribution >= 4 is 35.0 Å². The summed E-state index contributed by atoms with van der Waals surface area (Å²) in [5, 5.41) is 17.7. The fourth-order valence-electron chi connectivity index (χ4n) is 6.73. The van der Waals surface area contributed by atoms with E-state index in [4.69, 9.17) is 4.74 Å². The summed E-state index contributed by atoms with van der Waals surface area (Å²) < 4.78 is 34.1. The molecule has 0 saturated carbocycles. The fourth-order valence-corrected chi connectivity index (χ4v) is 7.59. The van der Waals surface area contributed by atoms with Crippen molar-refractivity contribution in [1.29, 1.82) is 0 Å². The summed E-state index contributed by atoms with van der Waals surface area (Å²) in [7, 11) is 3.21. The smallest absolute Gasteiger partial charge is 0.306 e. The van der Waals surface area contributed by atoms with Crippen LogP contribution in [0.4, 0.5) is 8.78 Å².